The highest BCUT2D eigenvalue weighted by Gasteiger charge is 2.42. The average molecular weight is 302 g/mol. The molecule has 1 N–H and O–H groups in total. The normalized spacial score (nSPS) is 24.6. The molecule has 1 unspecified atom stereocenters. The number of hydrogen-bond acceptors (Lipinski definition) is 2. The van der Waals surface area contributed by atoms with Crippen LogP contribution in [0, 0.1) is 11.8 Å². The van der Waals surface area contributed by atoms with Gasteiger partial charge in [0.05, 0.1) is 19.1 Å². The van der Waals surface area contributed by atoms with Crippen molar-refractivity contribution in [2.24, 2.45) is 11.8 Å². The predicted molar refractivity (Wildman–Crippen MR) is 74.2 cm³/mol. The highest BCUT2D eigenvalue weighted by molar-refractivity contribution is 5.33. The maximum atomic E-state index is 12.6. The molecule has 118 valence electrons. The monoisotopic (exact) mass is 302 g/mol. The van der Waals surface area contributed by atoms with E-state index in [4.69, 9.17) is 4.74 Å². The number of halogens is 3. The van der Waals surface area contributed by atoms with Crippen LogP contribution in [0.4, 0.5) is 13.2 Å². The fourth-order valence-corrected chi connectivity index (χ4v) is 3.09. The first kappa shape index (κ1) is 16.1. The van der Waals surface area contributed by atoms with E-state index >= 15 is 0 Å². The van der Waals surface area contributed by atoms with Crippen molar-refractivity contribution in [1.29, 1.82) is 0 Å². The third kappa shape index (κ3) is 4.13. The van der Waals surface area contributed by atoms with Crippen molar-refractivity contribution in [3.63, 3.8) is 0 Å². The fourth-order valence-electron chi connectivity index (χ4n) is 3.09. The number of aliphatic hydroxyl groups is 1. The van der Waals surface area contributed by atoms with Crippen LogP contribution in [0.3, 0.4) is 0 Å². The Hall–Kier alpha value is -1.23. The van der Waals surface area contributed by atoms with Crippen molar-refractivity contribution in [1.82, 2.24) is 0 Å². The van der Waals surface area contributed by atoms with Gasteiger partial charge in [-0.15, -0.1) is 0 Å². The Morgan fingerprint density at radius 1 is 1.19 bits per heavy atom. The summed E-state index contributed by atoms with van der Waals surface area (Å²) in [6.07, 6.45) is -3.19. The number of para-hydroxylation sites is 1. The number of rotatable bonds is 4. The summed E-state index contributed by atoms with van der Waals surface area (Å²) in [7, 11) is 1.57. The molecule has 0 aliphatic heterocycles. The highest BCUT2D eigenvalue weighted by atomic mass is 19.4. The number of hydrogen-bond donors (Lipinski definition) is 1. The third-order valence-corrected chi connectivity index (χ3v) is 4.40. The molecule has 0 radical (unpaired) electrons. The largest absolute Gasteiger partial charge is 0.496 e. The molecule has 0 heterocycles. The van der Waals surface area contributed by atoms with Crippen LogP contribution in [0.5, 0.6) is 5.75 Å². The predicted octanol–water partition coefficient (Wildman–Crippen LogP) is 3.97. The van der Waals surface area contributed by atoms with Gasteiger partial charge in [0.2, 0.25) is 0 Å². The lowest BCUT2D eigenvalue weighted by Crippen LogP contribution is -2.32. The van der Waals surface area contributed by atoms with Gasteiger partial charge >= 0.3 is 6.18 Å². The summed E-state index contributed by atoms with van der Waals surface area (Å²) >= 11 is 0. The molecule has 0 saturated heterocycles. The molecule has 1 aromatic carbocycles. The van der Waals surface area contributed by atoms with Crippen molar-refractivity contribution in [2.75, 3.05) is 7.11 Å². The van der Waals surface area contributed by atoms with Gasteiger partial charge in [0.1, 0.15) is 5.75 Å². The number of methoxy groups -OCH3 is 1. The topological polar surface area (TPSA) is 29.5 Å². The molecule has 5 heteroatoms. The Morgan fingerprint density at radius 2 is 1.81 bits per heavy atom. The minimum Gasteiger partial charge on any atom is -0.496 e. The van der Waals surface area contributed by atoms with Crippen LogP contribution in [-0.2, 0) is 6.42 Å². The number of alkyl halides is 3. The molecule has 21 heavy (non-hydrogen) atoms. The van der Waals surface area contributed by atoms with Crippen LogP contribution >= 0.6 is 0 Å². The lowest BCUT2D eigenvalue weighted by Gasteiger charge is -2.32. The van der Waals surface area contributed by atoms with Gasteiger partial charge in [0, 0.05) is 6.42 Å². The summed E-state index contributed by atoms with van der Waals surface area (Å²) in [5, 5.41) is 10.3. The zero-order chi connectivity index (χ0) is 15.5. The molecule has 1 aromatic rings. The second-order valence-electron chi connectivity index (χ2n) is 5.74. The van der Waals surface area contributed by atoms with Gasteiger partial charge < -0.3 is 9.84 Å². The van der Waals surface area contributed by atoms with Crippen molar-refractivity contribution in [3.8, 4) is 5.75 Å². The zero-order valence-electron chi connectivity index (χ0n) is 12.1. The number of ether oxygens (including phenoxy) is 1. The van der Waals surface area contributed by atoms with Crippen molar-refractivity contribution < 1.29 is 23.0 Å². The minimum absolute atomic E-state index is 0.0616. The Balaban J connectivity index is 1.92. The molecule has 2 nitrogen and oxygen atoms in total. The van der Waals surface area contributed by atoms with Crippen LogP contribution < -0.4 is 4.74 Å². The number of benzene rings is 1. The van der Waals surface area contributed by atoms with Gasteiger partial charge in [-0.25, -0.2) is 0 Å². The molecule has 0 aromatic heterocycles. The molecular weight excluding hydrogens is 281 g/mol. The quantitative estimate of drug-likeness (QED) is 0.912. The van der Waals surface area contributed by atoms with Crippen LogP contribution in [0.25, 0.3) is 0 Å². The first-order valence-electron chi connectivity index (χ1n) is 7.28. The fraction of sp³-hybridized carbons (Fsp3) is 0.625. The van der Waals surface area contributed by atoms with Crippen molar-refractivity contribution in [3.05, 3.63) is 29.8 Å². The van der Waals surface area contributed by atoms with E-state index in [0.717, 1.165) is 5.56 Å². The van der Waals surface area contributed by atoms with Crippen molar-refractivity contribution >= 4 is 0 Å². The summed E-state index contributed by atoms with van der Waals surface area (Å²) in [5.41, 5.74) is 0.894. The summed E-state index contributed by atoms with van der Waals surface area (Å²) in [6.45, 7) is 0. The molecule has 1 atom stereocenters. The van der Waals surface area contributed by atoms with Gasteiger partial charge in [-0.05, 0) is 43.2 Å². The molecular formula is C16H21F3O2. The third-order valence-electron chi connectivity index (χ3n) is 4.40. The molecule has 1 fully saturated rings. The zero-order valence-corrected chi connectivity index (χ0v) is 12.1. The van der Waals surface area contributed by atoms with E-state index in [2.05, 4.69) is 0 Å². The Bertz CT molecular complexity index is 451. The maximum absolute atomic E-state index is 12.6. The van der Waals surface area contributed by atoms with Gasteiger partial charge in [-0.3, -0.25) is 0 Å². The summed E-state index contributed by atoms with van der Waals surface area (Å²) < 4.78 is 43.1. The smallest absolute Gasteiger partial charge is 0.391 e. The van der Waals surface area contributed by atoms with Crippen LogP contribution in [-0.4, -0.2) is 24.5 Å². The van der Waals surface area contributed by atoms with Crippen LogP contribution in [0.15, 0.2) is 24.3 Å². The average Bonchev–Trinajstić information content (AvgIpc) is 2.47. The van der Waals surface area contributed by atoms with Crippen LogP contribution in [0.1, 0.15) is 31.2 Å². The van der Waals surface area contributed by atoms with E-state index in [0.29, 0.717) is 25.0 Å². The first-order valence-corrected chi connectivity index (χ1v) is 7.28. The Morgan fingerprint density at radius 3 is 2.38 bits per heavy atom. The van der Waals surface area contributed by atoms with Gasteiger partial charge in [0.15, 0.2) is 0 Å². The molecule has 1 aliphatic rings. The Labute approximate surface area is 122 Å². The van der Waals surface area contributed by atoms with E-state index in [1.807, 2.05) is 24.3 Å². The summed E-state index contributed by atoms with van der Waals surface area (Å²) in [5.74, 6) is -0.554. The van der Waals surface area contributed by atoms with Gasteiger partial charge in [-0.1, -0.05) is 18.2 Å². The maximum Gasteiger partial charge on any atom is 0.391 e. The Kier molecular flexibility index (Phi) is 5.14. The first-order chi connectivity index (χ1) is 9.91. The van der Waals surface area contributed by atoms with Crippen LogP contribution in [0.2, 0.25) is 0 Å². The molecule has 0 amide bonds. The van der Waals surface area contributed by atoms with E-state index in [-0.39, 0.29) is 18.8 Å². The van der Waals surface area contributed by atoms with Crippen molar-refractivity contribution in [2.45, 2.75) is 44.4 Å². The number of aliphatic hydroxyl groups excluding tert-OH is 1. The molecule has 0 bridgehead atoms. The molecule has 2 rings (SSSR count). The molecule has 1 aliphatic carbocycles. The van der Waals surface area contributed by atoms with E-state index in [9.17, 15) is 18.3 Å². The van der Waals surface area contributed by atoms with E-state index in [1.165, 1.54) is 0 Å². The lowest BCUT2D eigenvalue weighted by molar-refractivity contribution is -0.185. The van der Waals surface area contributed by atoms with Gasteiger partial charge in [-0.2, -0.15) is 13.2 Å². The second-order valence-corrected chi connectivity index (χ2v) is 5.74. The van der Waals surface area contributed by atoms with E-state index in [1.54, 1.807) is 7.11 Å². The molecule has 0 spiro atoms. The molecule has 1 saturated carbocycles. The lowest BCUT2D eigenvalue weighted by atomic mass is 9.78. The van der Waals surface area contributed by atoms with E-state index < -0.39 is 18.2 Å². The SMILES string of the molecule is COc1ccccc1CC(O)C1CCC(C(F)(F)F)CC1. The van der Waals surface area contributed by atoms with Gasteiger partial charge in [0.25, 0.3) is 0 Å². The second kappa shape index (κ2) is 6.69. The standard InChI is InChI=1S/C16H21F3O2/c1-21-15-5-3-2-4-12(15)10-14(20)11-6-8-13(9-7-11)16(17,18)19/h2-5,11,13-14,20H,6-10H2,1H3. The summed E-state index contributed by atoms with van der Waals surface area (Å²) in [4.78, 5) is 0. The minimum atomic E-state index is -4.10. The summed E-state index contributed by atoms with van der Waals surface area (Å²) in [6, 6.07) is 7.42. The highest BCUT2D eigenvalue weighted by Crippen LogP contribution is 2.40.